The van der Waals surface area contributed by atoms with Gasteiger partial charge in [0.05, 0.1) is 6.04 Å². The third-order valence-electron chi connectivity index (χ3n) is 9.93. The molecule has 5 nitrogen and oxygen atoms in total. The fourth-order valence-electron chi connectivity index (χ4n) is 8.12. The molecule has 5 fully saturated rings. The highest BCUT2D eigenvalue weighted by atomic mass is 16.2. The van der Waals surface area contributed by atoms with E-state index in [0.717, 1.165) is 44.4 Å². The first-order chi connectivity index (χ1) is 15.2. The number of hydrogen-bond acceptors (Lipinski definition) is 4. The molecule has 0 bridgehead atoms. The molecule has 2 heterocycles. The van der Waals surface area contributed by atoms with E-state index in [-0.39, 0.29) is 6.04 Å². The molecule has 0 aromatic heterocycles. The second-order valence-corrected chi connectivity index (χ2v) is 11.7. The Morgan fingerprint density at radius 2 is 1.61 bits per heavy atom. The van der Waals surface area contributed by atoms with E-state index >= 15 is 0 Å². The average Bonchev–Trinajstić information content (AvgIpc) is 3.21. The van der Waals surface area contributed by atoms with Crippen LogP contribution in [0.5, 0.6) is 0 Å². The van der Waals surface area contributed by atoms with Crippen LogP contribution < -0.4 is 16.4 Å². The fourth-order valence-corrected chi connectivity index (χ4v) is 8.12. The first-order valence-corrected chi connectivity index (χ1v) is 13.7. The number of carbonyl (C=O) groups excluding carboxylic acids is 1. The van der Waals surface area contributed by atoms with Crippen LogP contribution in [0.4, 0.5) is 0 Å². The summed E-state index contributed by atoms with van der Waals surface area (Å²) in [6.07, 6.45) is 17.1. The highest BCUT2D eigenvalue weighted by Gasteiger charge is 2.50. The second kappa shape index (κ2) is 10.1. The molecule has 7 atom stereocenters. The molecule has 3 saturated carbocycles. The minimum Gasteiger partial charge on any atom is -0.354 e. The maximum Gasteiger partial charge on any atom is 0.237 e. The van der Waals surface area contributed by atoms with Gasteiger partial charge in [-0.15, -0.1) is 0 Å². The van der Waals surface area contributed by atoms with Gasteiger partial charge in [0.15, 0.2) is 0 Å². The van der Waals surface area contributed by atoms with Crippen molar-refractivity contribution in [3.63, 3.8) is 0 Å². The van der Waals surface area contributed by atoms with Crippen molar-refractivity contribution in [3.8, 4) is 0 Å². The molecule has 0 radical (unpaired) electrons. The second-order valence-electron chi connectivity index (χ2n) is 11.7. The average molecular weight is 431 g/mol. The Morgan fingerprint density at radius 3 is 2.42 bits per heavy atom. The molecule has 4 N–H and O–H groups in total. The largest absolute Gasteiger partial charge is 0.354 e. The Bertz CT molecular complexity index is 606. The minimum atomic E-state index is 0.110. The zero-order chi connectivity index (χ0) is 21.2. The van der Waals surface area contributed by atoms with Crippen LogP contribution in [0, 0.1) is 29.6 Å². The van der Waals surface area contributed by atoms with Crippen LogP contribution in [-0.4, -0.2) is 55.1 Å². The van der Waals surface area contributed by atoms with E-state index in [1.54, 1.807) is 0 Å². The van der Waals surface area contributed by atoms with E-state index in [4.69, 9.17) is 5.73 Å². The molecule has 5 heteroatoms. The molecular formula is C26H46N4O. The van der Waals surface area contributed by atoms with Gasteiger partial charge in [-0.3, -0.25) is 9.69 Å². The van der Waals surface area contributed by atoms with Gasteiger partial charge in [-0.25, -0.2) is 0 Å². The summed E-state index contributed by atoms with van der Waals surface area (Å²) in [7, 11) is 0. The summed E-state index contributed by atoms with van der Waals surface area (Å²) in [6.45, 7) is 3.90. The number of fused-ring (bicyclic) bond motifs is 2. The van der Waals surface area contributed by atoms with Crippen molar-refractivity contribution in [1.82, 2.24) is 15.5 Å². The third-order valence-corrected chi connectivity index (χ3v) is 9.93. The first-order valence-electron chi connectivity index (χ1n) is 13.7. The highest BCUT2D eigenvalue weighted by molar-refractivity contribution is 5.82. The van der Waals surface area contributed by atoms with Crippen molar-refractivity contribution in [2.24, 2.45) is 35.3 Å². The molecule has 2 aliphatic heterocycles. The number of nitrogens with zero attached hydrogens (tertiary/aromatic N) is 1. The van der Waals surface area contributed by atoms with Gasteiger partial charge in [-0.05, 0) is 107 Å². The quantitative estimate of drug-likeness (QED) is 0.626. The maximum atomic E-state index is 13.5. The number of nitrogens with two attached hydrogens (primary N) is 1. The Morgan fingerprint density at radius 1 is 0.839 bits per heavy atom. The van der Waals surface area contributed by atoms with E-state index in [0.29, 0.717) is 35.7 Å². The smallest absolute Gasteiger partial charge is 0.237 e. The van der Waals surface area contributed by atoms with Crippen LogP contribution in [0.2, 0.25) is 0 Å². The van der Waals surface area contributed by atoms with Gasteiger partial charge in [0.1, 0.15) is 0 Å². The molecule has 1 amide bonds. The molecule has 0 spiro atoms. The van der Waals surface area contributed by atoms with Gasteiger partial charge < -0.3 is 16.4 Å². The molecule has 2 saturated heterocycles. The van der Waals surface area contributed by atoms with Crippen molar-refractivity contribution in [1.29, 1.82) is 0 Å². The molecule has 176 valence electrons. The van der Waals surface area contributed by atoms with Gasteiger partial charge in [-0.2, -0.15) is 0 Å². The number of amides is 1. The highest BCUT2D eigenvalue weighted by Crippen LogP contribution is 2.48. The SMILES string of the molecule is NCC1CCC2CC(C(=O)NCC3CCNCC3)N(C3CCC4CCCCC4C3)C2C1. The normalized spacial score (nSPS) is 42.0. The summed E-state index contributed by atoms with van der Waals surface area (Å²) in [5, 5.41) is 6.86. The van der Waals surface area contributed by atoms with Crippen LogP contribution in [0.1, 0.15) is 83.5 Å². The van der Waals surface area contributed by atoms with Crippen LogP contribution in [0.3, 0.4) is 0 Å². The monoisotopic (exact) mass is 430 g/mol. The van der Waals surface area contributed by atoms with Crippen LogP contribution in [0.15, 0.2) is 0 Å². The van der Waals surface area contributed by atoms with Gasteiger partial charge >= 0.3 is 0 Å². The van der Waals surface area contributed by atoms with Gasteiger partial charge in [-0.1, -0.05) is 25.7 Å². The lowest BCUT2D eigenvalue weighted by atomic mass is 9.68. The molecule has 31 heavy (non-hydrogen) atoms. The number of rotatable bonds is 5. The van der Waals surface area contributed by atoms with E-state index in [2.05, 4.69) is 15.5 Å². The molecule has 3 aliphatic carbocycles. The lowest BCUT2D eigenvalue weighted by Gasteiger charge is -2.47. The standard InChI is InChI=1S/C26H46N4O/c27-16-19-5-6-22-15-25(26(31)29-17-18-9-11-28-12-10-18)30(24(22)13-19)23-8-7-20-3-1-2-4-21(20)14-23/h18-25,28H,1-17,27H2,(H,29,31). The lowest BCUT2D eigenvalue weighted by Crippen LogP contribution is -2.54. The Labute approximate surface area is 189 Å². The lowest BCUT2D eigenvalue weighted by molar-refractivity contribution is -0.128. The van der Waals surface area contributed by atoms with Crippen molar-refractivity contribution >= 4 is 5.91 Å². The minimum absolute atomic E-state index is 0.110. The summed E-state index contributed by atoms with van der Waals surface area (Å²) < 4.78 is 0. The number of nitrogens with one attached hydrogen (secondary N) is 2. The molecular weight excluding hydrogens is 384 g/mol. The number of likely N-dealkylation sites (tertiary alicyclic amines) is 1. The number of piperidine rings is 1. The Kier molecular flexibility index (Phi) is 7.21. The van der Waals surface area contributed by atoms with Crippen LogP contribution in [-0.2, 0) is 4.79 Å². The summed E-state index contributed by atoms with van der Waals surface area (Å²) >= 11 is 0. The van der Waals surface area contributed by atoms with Crippen molar-refractivity contribution in [2.45, 2.75) is 102 Å². The van der Waals surface area contributed by atoms with Crippen LogP contribution >= 0.6 is 0 Å². The zero-order valence-electron chi connectivity index (χ0n) is 19.6. The van der Waals surface area contributed by atoms with E-state index < -0.39 is 0 Å². The van der Waals surface area contributed by atoms with Crippen molar-refractivity contribution in [3.05, 3.63) is 0 Å². The summed E-state index contributed by atoms with van der Waals surface area (Å²) in [6, 6.07) is 1.33. The van der Waals surface area contributed by atoms with Crippen molar-refractivity contribution < 1.29 is 4.79 Å². The van der Waals surface area contributed by atoms with Gasteiger partial charge in [0.25, 0.3) is 0 Å². The predicted octanol–water partition coefficient (Wildman–Crippen LogP) is 3.28. The van der Waals surface area contributed by atoms with E-state index in [1.807, 2.05) is 0 Å². The number of hydrogen-bond donors (Lipinski definition) is 3. The fraction of sp³-hybridized carbons (Fsp3) is 0.962. The third kappa shape index (κ3) is 4.84. The Balaban J connectivity index is 1.28. The van der Waals surface area contributed by atoms with Crippen LogP contribution in [0.25, 0.3) is 0 Å². The zero-order valence-corrected chi connectivity index (χ0v) is 19.6. The molecule has 5 rings (SSSR count). The summed E-state index contributed by atoms with van der Waals surface area (Å²) in [5.41, 5.74) is 6.12. The molecule has 7 unspecified atom stereocenters. The van der Waals surface area contributed by atoms with Crippen molar-refractivity contribution in [2.75, 3.05) is 26.2 Å². The Hall–Kier alpha value is -0.650. The molecule has 0 aromatic carbocycles. The van der Waals surface area contributed by atoms with E-state index in [9.17, 15) is 4.79 Å². The topological polar surface area (TPSA) is 70.4 Å². The summed E-state index contributed by atoms with van der Waals surface area (Å²) in [5.74, 6) is 4.25. The molecule has 5 aliphatic rings. The first kappa shape index (κ1) is 22.2. The summed E-state index contributed by atoms with van der Waals surface area (Å²) in [4.78, 5) is 16.3. The van der Waals surface area contributed by atoms with E-state index in [1.165, 1.54) is 77.0 Å². The predicted molar refractivity (Wildman–Crippen MR) is 126 cm³/mol. The number of carbonyl (C=O) groups is 1. The van der Waals surface area contributed by atoms with Gasteiger partial charge in [0.2, 0.25) is 5.91 Å². The maximum absolute atomic E-state index is 13.5. The molecule has 0 aromatic rings. The van der Waals surface area contributed by atoms with Gasteiger partial charge in [0, 0.05) is 18.6 Å².